The second-order valence-electron chi connectivity index (χ2n) is 5.10. The van der Waals surface area contributed by atoms with Crippen molar-refractivity contribution in [2.75, 3.05) is 13.1 Å². The molecule has 6 heteroatoms. The van der Waals surface area contributed by atoms with Gasteiger partial charge in [-0.05, 0) is 0 Å². The molecule has 2 aliphatic rings. The van der Waals surface area contributed by atoms with Crippen molar-refractivity contribution in [3.05, 3.63) is 39.9 Å². The van der Waals surface area contributed by atoms with Gasteiger partial charge in [-0.15, -0.1) is 18.6 Å². The molecule has 0 saturated carbocycles. The number of piperidine rings is 1. The molecule has 0 aromatic rings. The zero-order valence-electron chi connectivity index (χ0n) is 11.9. The second kappa shape index (κ2) is 11.3. The van der Waals surface area contributed by atoms with E-state index in [9.17, 15) is 0 Å². The van der Waals surface area contributed by atoms with Crippen LogP contribution in [0.3, 0.4) is 0 Å². The molecule has 0 aliphatic carbocycles. The van der Waals surface area contributed by atoms with Crippen molar-refractivity contribution in [2.24, 2.45) is 0 Å². The van der Waals surface area contributed by atoms with Gasteiger partial charge in [0.2, 0.25) is 0 Å². The Bertz CT molecular complexity index is 324. The molecule has 3 nitrogen and oxygen atoms in total. The maximum absolute atomic E-state index is 4.72. The van der Waals surface area contributed by atoms with E-state index in [1.165, 1.54) is 30.2 Å². The van der Waals surface area contributed by atoms with E-state index in [1.807, 2.05) is 0 Å². The summed E-state index contributed by atoms with van der Waals surface area (Å²) in [5, 5.41) is 13.8. The fraction of sp³-hybridized carbons (Fsp3) is 0.714. The first-order valence-corrected chi connectivity index (χ1v) is 11.8. The molecular weight excluding hydrogens is 429 g/mol. The molecule has 1 saturated heterocycles. The quantitative estimate of drug-likeness (QED) is 0.502. The normalized spacial score (nSPS) is 29.2. The SMILES string of the molecule is CC1C=CC=C(C[N-]CC2CCCC(C)[N-]2)[N-]1.[Br][Ni][Br]. The summed E-state index contributed by atoms with van der Waals surface area (Å²) in [6.45, 7) is 5.92. The summed E-state index contributed by atoms with van der Waals surface area (Å²) in [6, 6.07) is 1.30. The molecule has 120 valence electrons. The predicted octanol–water partition coefficient (Wildman–Crippen LogP) is 5.58. The Labute approximate surface area is 143 Å². The number of halogens is 2. The van der Waals surface area contributed by atoms with Crippen molar-refractivity contribution < 1.29 is 10.9 Å². The van der Waals surface area contributed by atoms with Crippen molar-refractivity contribution in [3.63, 3.8) is 0 Å². The van der Waals surface area contributed by atoms with E-state index in [4.69, 9.17) is 5.32 Å². The summed E-state index contributed by atoms with van der Waals surface area (Å²) in [7, 11) is 1.25. The number of hydrogen-bond donors (Lipinski definition) is 0. The Balaban J connectivity index is 0.000000612. The van der Waals surface area contributed by atoms with Gasteiger partial charge in [0.25, 0.3) is 0 Å². The van der Waals surface area contributed by atoms with E-state index in [2.05, 4.69) is 71.2 Å². The van der Waals surface area contributed by atoms with E-state index in [0.29, 0.717) is 18.1 Å². The van der Waals surface area contributed by atoms with E-state index in [1.54, 1.807) is 0 Å². The van der Waals surface area contributed by atoms with Crippen LogP contribution < -0.4 is 0 Å². The van der Waals surface area contributed by atoms with Crippen LogP contribution in [0.1, 0.15) is 33.1 Å². The Morgan fingerprint density at radius 3 is 2.75 bits per heavy atom. The third-order valence-corrected chi connectivity index (χ3v) is 3.29. The van der Waals surface area contributed by atoms with Crippen molar-refractivity contribution in [3.8, 4) is 0 Å². The Kier molecular flexibility index (Phi) is 10.5. The van der Waals surface area contributed by atoms with Crippen LogP contribution in [0.25, 0.3) is 16.0 Å². The van der Waals surface area contributed by atoms with Gasteiger partial charge in [-0.25, -0.2) is 0 Å². The first kappa shape index (κ1) is 18.7. The molecule has 0 aromatic heterocycles. The molecular formula is C14H22Br2N3Ni-3. The average Bonchev–Trinajstić information content (AvgIpc) is 2.40. The average molecular weight is 451 g/mol. The van der Waals surface area contributed by atoms with Gasteiger partial charge < -0.3 is 16.0 Å². The van der Waals surface area contributed by atoms with Crippen LogP contribution in [0, 0.1) is 0 Å². The minimum absolute atomic E-state index is 0.310. The maximum atomic E-state index is 4.72. The molecule has 0 aromatic carbocycles. The summed E-state index contributed by atoms with van der Waals surface area (Å²) in [5.74, 6) is 0. The molecule has 0 N–H and O–H groups in total. The molecule has 1 fully saturated rings. The van der Waals surface area contributed by atoms with Crippen molar-refractivity contribution in [1.29, 1.82) is 0 Å². The standard InChI is InChI=1S/C14H22N3.2BrH.Ni/c1-11-5-3-7-13(16-11)9-15-10-14-8-4-6-12(2)17-14;;;/h3,5,7,11-12,14H,4,6,8-10H2,1-2H3;2*1H;/q-3;;;+2/p-2. The Morgan fingerprint density at radius 2 is 2.10 bits per heavy atom. The molecule has 0 spiro atoms. The van der Waals surface area contributed by atoms with E-state index < -0.39 is 0 Å². The summed E-state index contributed by atoms with van der Waals surface area (Å²) in [5.41, 5.74) is 1.10. The molecule has 3 atom stereocenters. The van der Waals surface area contributed by atoms with E-state index in [0.717, 1.165) is 18.8 Å². The molecule has 0 radical (unpaired) electrons. The predicted molar refractivity (Wildman–Crippen MR) is 91.5 cm³/mol. The number of rotatable bonds is 4. The number of nitrogens with zero attached hydrogens (tertiary/aromatic N) is 3. The molecule has 20 heavy (non-hydrogen) atoms. The van der Waals surface area contributed by atoms with Crippen molar-refractivity contribution in [1.82, 2.24) is 0 Å². The fourth-order valence-electron chi connectivity index (χ4n) is 2.39. The van der Waals surface area contributed by atoms with Gasteiger partial charge in [-0.1, -0.05) is 51.3 Å². The van der Waals surface area contributed by atoms with Crippen LogP contribution in [-0.4, -0.2) is 31.2 Å². The number of hydrogen-bond acceptors (Lipinski definition) is 0. The summed E-state index contributed by atoms with van der Waals surface area (Å²) in [6.07, 6.45) is 10.00. The van der Waals surface area contributed by atoms with E-state index in [-0.39, 0.29) is 0 Å². The van der Waals surface area contributed by atoms with Crippen LogP contribution in [0.15, 0.2) is 23.9 Å². The van der Waals surface area contributed by atoms with Gasteiger partial charge in [0.1, 0.15) is 0 Å². The fourth-order valence-corrected chi connectivity index (χ4v) is 2.39. The molecule has 0 bridgehead atoms. The molecule has 2 heterocycles. The molecule has 2 rings (SSSR count). The van der Waals surface area contributed by atoms with Crippen LogP contribution >= 0.6 is 28.5 Å². The van der Waals surface area contributed by atoms with Crippen LogP contribution in [-0.2, 0) is 10.9 Å². The summed E-state index contributed by atoms with van der Waals surface area (Å²) in [4.78, 5) is 0. The van der Waals surface area contributed by atoms with Crippen LogP contribution in [0.4, 0.5) is 0 Å². The third-order valence-electron chi connectivity index (χ3n) is 3.29. The minimum atomic E-state index is 0.310. The van der Waals surface area contributed by atoms with Crippen molar-refractivity contribution >= 4 is 28.5 Å². The molecule has 2 aliphatic heterocycles. The van der Waals surface area contributed by atoms with Gasteiger partial charge in [0.15, 0.2) is 0 Å². The first-order chi connectivity index (χ1) is 9.65. The van der Waals surface area contributed by atoms with Crippen LogP contribution in [0.2, 0.25) is 0 Å². The van der Waals surface area contributed by atoms with Crippen molar-refractivity contribution in [2.45, 2.75) is 51.2 Å². The summed E-state index contributed by atoms with van der Waals surface area (Å²) >= 11 is 6.00. The van der Waals surface area contributed by atoms with E-state index >= 15 is 0 Å². The van der Waals surface area contributed by atoms with Gasteiger partial charge in [0, 0.05) is 0 Å². The van der Waals surface area contributed by atoms with Gasteiger partial charge in [-0.2, -0.15) is 18.3 Å². The van der Waals surface area contributed by atoms with Gasteiger partial charge in [-0.3, -0.25) is 0 Å². The number of allylic oxidation sites excluding steroid dienone is 2. The van der Waals surface area contributed by atoms with Crippen LogP contribution in [0.5, 0.6) is 0 Å². The second-order valence-corrected chi connectivity index (χ2v) is 10.1. The zero-order valence-corrected chi connectivity index (χ0v) is 16.1. The monoisotopic (exact) mass is 448 g/mol. The zero-order chi connectivity index (χ0) is 14.8. The Morgan fingerprint density at radius 1 is 1.35 bits per heavy atom. The molecule has 0 amide bonds. The topological polar surface area (TPSA) is 42.3 Å². The first-order valence-electron chi connectivity index (χ1n) is 6.89. The molecule has 3 unspecified atom stereocenters. The Hall–Kier alpha value is 0.654. The van der Waals surface area contributed by atoms with Gasteiger partial charge >= 0.3 is 39.3 Å². The van der Waals surface area contributed by atoms with Gasteiger partial charge in [0.05, 0.1) is 0 Å². The third kappa shape index (κ3) is 8.18. The summed E-state index contributed by atoms with van der Waals surface area (Å²) < 4.78 is 0.